The Morgan fingerprint density at radius 3 is 2.76 bits per heavy atom. The van der Waals surface area contributed by atoms with Gasteiger partial charge in [-0.3, -0.25) is 0 Å². The van der Waals surface area contributed by atoms with E-state index in [-0.39, 0.29) is 0 Å². The van der Waals surface area contributed by atoms with Gasteiger partial charge in [0.15, 0.2) is 0 Å². The maximum Gasteiger partial charge on any atom is 0.214 e. The second kappa shape index (κ2) is 6.37. The van der Waals surface area contributed by atoms with Crippen LogP contribution < -0.4 is 4.74 Å². The monoisotopic (exact) mass is 340 g/mol. The van der Waals surface area contributed by atoms with Crippen LogP contribution in [0.5, 0.6) is 5.75 Å². The third-order valence-electron chi connectivity index (χ3n) is 2.61. The first-order valence-electron chi connectivity index (χ1n) is 5.80. The van der Waals surface area contributed by atoms with Gasteiger partial charge in [0.25, 0.3) is 0 Å². The van der Waals surface area contributed by atoms with Gasteiger partial charge in [-0.2, -0.15) is 4.68 Å². The van der Waals surface area contributed by atoms with Gasteiger partial charge in [-0.1, -0.05) is 27.9 Å². The largest absolute Gasteiger partial charge is 0.497 e. The molecule has 0 N–H and O–H groups in total. The molecule has 108 valence electrons. The van der Waals surface area contributed by atoms with Crippen LogP contribution in [-0.4, -0.2) is 36.9 Å². The maximum atomic E-state index is 5.98. The molecule has 0 bridgehead atoms. The van der Waals surface area contributed by atoms with Crippen molar-refractivity contribution in [2.75, 3.05) is 7.11 Å². The summed E-state index contributed by atoms with van der Waals surface area (Å²) in [5.74, 6) is 1.34. The van der Waals surface area contributed by atoms with Crippen LogP contribution >= 0.6 is 34.9 Å². The van der Waals surface area contributed by atoms with Crippen molar-refractivity contribution in [1.82, 2.24) is 29.8 Å². The molecular weight excluding hydrogens is 332 g/mol. The van der Waals surface area contributed by atoms with E-state index < -0.39 is 0 Å². The maximum absolute atomic E-state index is 5.98. The molecule has 0 aliphatic rings. The molecule has 0 aliphatic heterocycles. The predicted molar refractivity (Wildman–Crippen MR) is 80.2 cm³/mol. The Balaban J connectivity index is 1.78. The van der Waals surface area contributed by atoms with Crippen LogP contribution in [0.3, 0.4) is 0 Å². The Hall–Kier alpha value is -1.71. The van der Waals surface area contributed by atoms with E-state index >= 15 is 0 Å². The van der Waals surface area contributed by atoms with E-state index in [4.69, 9.17) is 16.3 Å². The quantitative estimate of drug-likeness (QED) is 0.660. The van der Waals surface area contributed by atoms with Crippen LogP contribution in [0.2, 0.25) is 4.34 Å². The van der Waals surface area contributed by atoms with Crippen molar-refractivity contribution < 1.29 is 4.74 Å². The summed E-state index contributed by atoms with van der Waals surface area (Å²) >= 11 is 8.59. The molecule has 0 spiro atoms. The van der Waals surface area contributed by atoms with E-state index in [1.807, 2.05) is 24.3 Å². The molecule has 21 heavy (non-hydrogen) atoms. The minimum Gasteiger partial charge on any atom is -0.497 e. The standard InChI is InChI=1S/C11H9ClN6OS2/c1-19-8-4-2-7(3-5-8)18-11(14-15-16-18)20-6-9-10(12)21-17-13-9/h2-5H,6H2,1H3. The Morgan fingerprint density at radius 1 is 1.29 bits per heavy atom. The smallest absolute Gasteiger partial charge is 0.214 e. The van der Waals surface area contributed by atoms with Gasteiger partial charge in [0.05, 0.1) is 12.8 Å². The van der Waals surface area contributed by atoms with Gasteiger partial charge in [-0.05, 0) is 34.7 Å². The number of tetrazole rings is 1. The molecule has 10 heteroatoms. The molecule has 0 aliphatic carbocycles. The number of thioether (sulfide) groups is 1. The number of ether oxygens (including phenoxy) is 1. The Labute approximate surface area is 133 Å². The molecule has 0 fully saturated rings. The highest BCUT2D eigenvalue weighted by atomic mass is 35.5. The zero-order valence-corrected chi connectivity index (χ0v) is 13.2. The topological polar surface area (TPSA) is 78.6 Å². The van der Waals surface area contributed by atoms with Crippen molar-refractivity contribution in [2.24, 2.45) is 0 Å². The Kier molecular flexibility index (Phi) is 4.32. The Bertz CT molecular complexity index is 728. The van der Waals surface area contributed by atoms with E-state index in [0.29, 0.717) is 15.2 Å². The van der Waals surface area contributed by atoms with E-state index in [2.05, 4.69) is 25.1 Å². The number of halogens is 1. The van der Waals surface area contributed by atoms with Crippen molar-refractivity contribution in [3.63, 3.8) is 0 Å². The van der Waals surface area contributed by atoms with E-state index in [0.717, 1.165) is 28.7 Å². The first kappa shape index (κ1) is 14.2. The second-order valence-corrected chi connectivity index (χ2v) is 6.15. The molecule has 0 amide bonds. The second-order valence-electron chi connectivity index (χ2n) is 3.85. The first-order valence-corrected chi connectivity index (χ1v) is 7.94. The molecule has 0 unspecified atom stereocenters. The van der Waals surface area contributed by atoms with E-state index in [1.165, 1.54) is 11.8 Å². The molecule has 0 radical (unpaired) electrons. The zero-order chi connectivity index (χ0) is 14.7. The summed E-state index contributed by atoms with van der Waals surface area (Å²) in [5.41, 5.74) is 1.58. The summed E-state index contributed by atoms with van der Waals surface area (Å²) < 4.78 is 11.2. The summed E-state index contributed by atoms with van der Waals surface area (Å²) in [7, 11) is 1.62. The van der Waals surface area contributed by atoms with Crippen LogP contribution in [0.15, 0.2) is 29.4 Å². The number of hydrogen-bond acceptors (Lipinski definition) is 8. The van der Waals surface area contributed by atoms with Crippen LogP contribution in [0.4, 0.5) is 0 Å². The van der Waals surface area contributed by atoms with Gasteiger partial charge >= 0.3 is 0 Å². The third kappa shape index (κ3) is 3.14. The third-order valence-corrected chi connectivity index (χ3v) is 4.52. The number of aromatic nitrogens is 6. The molecular formula is C11H9ClN6OS2. The Morgan fingerprint density at radius 2 is 2.10 bits per heavy atom. The first-order chi connectivity index (χ1) is 10.3. The zero-order valence-electron chi connectivity index (χ0n) is 10.8. The predicted octanol–water partition coefficient (Wildman–Crippen LogP) is 2.47. The van der Waals surface area contributed by atoms with Crippen molar-refractivity contribution in [3.8, 4) is 11.4 Å². The molecule has 7 nitrogen and oxygen atoms in total. The van der Waals surface area contributed by atoms with Crippen LogP contribution in [0, 0.1) is 0 Å². The summed E-state index contributed by atoms with van der Waals surface area (Å²) in [4.78, 5) is 0. The molecule has 2 heterocycles. The number of nitrogens with zero attached hydrogens (tertiary/aromatic N) is 6. The van der Waals surface area contributed by atoms with Crippen LogP contribution in [0.25, 0.3) is 5.69 Å². The molecule has 2 aromatic heterocycles. The summed E-state index contributed by atoms with van der Waals surface area (Å²) in [6.07, 6.45) is 0. The van der Waals surface area contributed by atoms with Crippen molar-refractivity contribution in [1.29, 1.82) is 0 Å². The van der Waals surface area contributed by atoms with Gasteiger partial charge in [-0.15, -0.1) is 10.2 Å². The molecule has 3 rings (SSSR count). The molecule has 1 aromatic carbocycles. The SMILES string of the molecule is COc1ccc(-n2nnnc2SCc2nnsc2Cl)cc1. The lowest BCUT2D eigenvalue weighted by Gasteiger charge is -2.04. The molecule has 3 aromatic rings. The molecule has 0 atom stereocenters. The van der Waals surface area contributed by atoms with Crippen molar-refractivity contribution in [2.45, 2.75) is 10.9 Å². The van der Waals surface area contributed by atoms with Gasteiger partial charge in [-0.25, -0.2) is 0 Å². The van der Waals surface area contributed by atoms with E-state index in [9.17, 15) is 0 Å². The summed E-state index contributed by atoms with van der Waals surface area (Å²) in [6.45, 7) is 0. The van der Waals surface area contributed by atoms with Crippen LogP contribution in [-0.2, 0) is 5.75 Å². The molecule has 0 saturated heterocycles. The highest BCUT2D eigenvalue weighted by Crippen LogP contribution is 2.27. The van der Waals surface area contributed by atoms with Gasteiger partial charge < -0.3 is 4.74 Å². The van der Waals surface area contributed by atoms with Crippen LogP contribution in [0.1, 0.15) is 5.69 Å². The fraction of sp³-hybridized carbons (Fsp3) is 0.182. The number of methoxy groups -OCH3 is 1. The normalized spacial score (nSPS) is 10.8. The minimum absolute atomic E-state index is 0.561. The average molecular weight is 341 g/mol. The summed E-state index contributed by atoms with van der Waals surface area (Å²) in [6, 6.07) is 7.48. The molecule has 0 saturated carbocycles. The minimum atomic E-state index is 0.561. The van der Waals surface area contributed by atoms with Crippen molar-refractivity contribution >= 4 is 34.9 Å². The fourth-order valence-corrected chi connectivity index (χ4v) is 3.19. The highest BCUT2D eigenvalue weighted by Gasteiger charge is 2.12. The lowest BCUT2D eigenvalue weighted by Crippen LogP contribution is -1.99. The number of benzene rings is 1. The van der Waals surface area contributed by atoms with E-state index in [1.54, 1.807) is 11.8 Å². The van der Waals surface area contributed by atoms with Gasteiger partial charge in [0, 0.05) is 17.3 Å². The average Bonchev–Trinajstić information content (AvgIpc) is 3.14. The fourth-order valence-electron chi connectivity index (χ4n) is 1.57. The summed E-state index contributed by atoms with van der Waals surface area (Å²) in [5, 5.41) is 16.3. The lowest BCUT2D eigenvalue weighted by molar-refractivity contribution is 0.414. The lowest BCUT2D eigenvalue weighted by atomic mass is 10.3. The van der Waals surface area contributed by atoms with Gasteiger partial charge in [0.2, 0.25) is 5.16 Å². The highest BCUT2D eigenvalue weighted by molar-refractivity contribution is 7.98. The number of rotatable bonds is 5. The number of hydrogen-bond donors (Lipinski definition) is 0. The van der Waals surface area contributed by atoms with Crippen molar-refractivity contribution in [3.05, 3.63) is 34.3 Å². The van der Waals surface area contributed by atoms with Gasteiger partial charge in [0.1, 0.15) is 15.8 Å².